The highest BCUT2D eigenvalue weighted by molar-refractivity contribution is 7.09. The summed E-state index contributed by atoms with van der Waals surface area (Å²) < 4.78 is 0. The summed E-state index contributed by atoms with van der Waals surface area (Å²) in [5.41, 5.74) is 0.0227. The second-order valence-electron chi connectivity index (χ2n) is 5.41. The lowest BCUT2D eigenvalue weighted by Crippen LogP contribution is -2.39. The normalized spacial score (nSPS) is 23.6. The Balaban J connectivity index is 1.95. The van der Waals surface area contributed by atoms with Gasteiger partial charge < -0.3 is 15.3 Å². The van der Waals surface area contributed by atoms with Gasteiger partial charge in [0, 0.05) is 18.5 Å². The van der Waals surface area contributed by atoms with E-state index < -0.39 is 5.97 Å². The topological polar surface area (TPSA) is 82.5 Å². The van der Waals surface area contributed by atoms with Crippen molar-refractivity contribution >= 4 is 23.3 Å². The third-order valence-corrected chi connectivity index (χ3v) is 4.75. The molecule has 6 nitrogen and oxygen atoms in total. The Morgan fingerprint density at radius 2 is 2.05 bits per heavy atom. The fraction of sp³-hybridized carbons (Fsp3) is 0.615. The van der Waals surface area contributed by atoms with Gasteiger partial charge in [-0.05, 0) is 18.8 Å². The zero-order valence-electron chi connectivity index (χ0n) is 11.8. The lowest BCUT2D eigenvalue weighted by Gasteiger charge is -2.19. The molecule has 0 radical (unpaired) electrons. The summed E-state index contributed by atoms with van der Waals surface area (Å²) >= 11 is 1.25. The van der Waals surface area contributed by atoms with Crippen LogP contribution in [0.4, 0.5) is 4.79 Å². The van der Waals surface area contributed by atoms with Crippen molar-refractivity contribution in [1.82, 2.24) is 15.2 Å². The molecule has 2 amide bonds. The number of aromatic nitrogens is 1. The molecule has 2 heterocycles. The van der Waals surface area contributed by atoms with Crippen LogP contribution >= 0.6 is 11.3 Å². The van der Waals surface area contributed by atoms with Crippen LogP contribution in [0, 0.1) is 11.8 Å². The number of urea groups is 1. The summed E-state index contributed by atoms with van der Waals surface area (Å²) in [5, 5.41) is 13.8. The Morgan fingerprint density at radius 1 is 1.45 bits per heavy atom. The van der Waals surface area contributed by atoms with E-state index in [1.165, 1.54) is 16.7 Å². The molecule has 2 rings (SSSR count). The van der Waals surface area contributed by atoms with Gasteiger partial charge in [-0.2, -0.15) is 0 Å². The van der Waals surface area contributed by atoms with Crippen LogP contribution in [0.15, 0.2) is 5.38 Å². The van der Waals surface area contributed by atoms with Crippen LogP contribution in [0.2, 0.25) is 0 Å². The third-order valence-electron chi connectivity index (χ3n) is 3.73. The Labute approximate surface area is 121 Å². The molecule has 0 spiro atoms. The number of carboxylic acid groups (broad SMARTS) is 1. The average Bonchev–Trinajstić information content (AvgIpc) is 2.97. The first-order valence-electron chi connectivity index (χ1n) is 6.62. The molecule has 1 aliphatic rings. The van der Waals surface area contributed by atoms with Crippen LogP contribution in [-0.2, 0) is 0 Å². The van der Waals surface area contributed by atoms with Crippen LogP contribution in [0.3, 0.4) is 0 Å². The second kappa shape index (κ2) is 5.78. The summed E-state index contributed by atoms with van der Waals surface area (Å²) in [7, 11) is 0. The number of aromatic carboxylic acids is 1. The maximum Gasteiger partial charge on any atom is 0.355 e. The predicted molar refractivity (Wildman–Crippen MR) is 75.9 cm³/mol. The molecule has 3 unspecified atom stereocenters. The van der Waals surface area contributed by atoms with E-state index in [1.807, 2.05) is 6.92 Å². The minimum atomic E-state index is -1.05. The second-order valence-corrected chi connectivity index (χ2v) is 6.30. The standard InChI is InChI=1S/C13H19N3O3S/c1-7-4-16(5-8(7)2)13(19)14-9(3)11-15-10(6-20-11)12(17)18/h6-9H,4-5H2,1-3H3,(H,14,19)(H,17,18). The number of carboxylic acids is 1. The van der Waals surface area contributed by atoms with E-state index in [9.17, 15) is 9.59 Å². The molecule has 2 N–H and O–H groups in total. The largest absolute Gasteiger partial charge is 0.476 e. The number of hydrogen-bond acceptors (Lipinski definition) is 4. The summed E-state index contributed by atoms with van der Waals surface area (Å²) in [5.74, 6) is -0.0303. The first kappa shape index (κ1) is 14.8. The first-order chi connectivity index (χ1) is 9.38. The number of rotatable bonds is 3. The van der Waals surface area contributed by atoms with Crippen molar-refractivity contribution in [1.29, 1.82) is 0 Å². The molecule has 7 heteroatoms. The van der Waals surface area contributed by atoms with E-state index in [-0.39, 0.29) is 17.8 Å². The number of carbonyl (C=O) groups is 2. The van der Waals surface area contributed by atoms with Crippen LogP contribution in [-0.4, -0.2) is 40.1 Å². The van der Waals surface area contributed by atoms with E-state index in [2.05, 4.69) is 24.1 Å². The fourth-order valence-electron chi connectivity index (χ4n) is 2.22. The number of carbonyl (C=O) groups excluding carboxylic acids is 1. The predicted octanol–water partition coefficient (Wildman–Crippen LogP) is 2.20. The SMILES string of the molecule is CC(NC(=O)N1CC(C)C(C)C1)c1nc(C(=O)O)cs1. The van der Waals surface area contributed by atoms with E-state index >= 15 is 0 Å². The van der Waals surface area contributed by atoms with Crippen molar-refractivity contribution in [3.05, 3.63) is 16.1 Å². The molecular weight excluding hydrogens is 278 g/mol. The van der Waals surface area contributed by atoms with Crippen LogP contribution in [0.25, 0.3) is 0 Å². The van der Waals surface area contributed by atoms with Gasteiger partial charge in [0.1, 0.15) is 5.01 Å². The van der Waals surface area contributed by atoms with Crippen molar-refractivity contribution in [3.8, 4) is 0 Å². The highest BCUT2D eigenvalue weighted by Crippen LogP contribution is 2.23. The molecule has 0 aromatic carbocycles. The minimum Gasteiger partial charge on any atom is -0.476 e. The van der Waals surface area contributed by atoms with Gasteiger partial charge in [-0.3, -0.25) is 0 Å². The van der Waals surface area contributed by atoms with Gasteiger partial charge in [0.25, 0.3) is 0 Å². The molecule has 1 aromatic heterocycles. The lowest BCUT2D eigenvalue weighted by atomic mass is 10.0. The van der Waals surface area contributed by atoms with Gasteiger partial charge in [-0.15, -0.1) is 11.3 Å². The monoisotopic (exact) mass is 297 g/mol. The number of likely N-dealkylation sites (tertiary alicyclic amines) is 1. The van der Waals surface area contributed by atoms with Crippen molar-refractivity contribution in [2.45, 2.75) is 26.8 Å². The lowest BCUT2D eigenvalue weighted by molar-refractivity contribution is 0.0691. The molecule has 0 saturated carbocycles. The molecule has 0 bridgehead atoms. The maximum atomic E-state index is 12.1. The Hall–Kier alpha value is -1.63. The fourth-order valence-corrected chi connectivity index (χ4v) is 3.02. The van der Waals surface area contributed by atoms with Crippen LogP contribution in [0.1, 0.15) is 42.3 Å². The highest BCUT2D eigenvalue weighted by Gasteiger charge is 2.30. The number of nitrogens with zero attached hydrogens (tertiary/aromatic N) is 2. The molecule has 0 aliphatic carbocycles. The Morgan fingerprint density at radius 3 is 2.55 bits per heavy atom. The van der Waals surface area contributed by atoms with Crippen molar-refractivity contribution in [3.63, 3.8) is 0 Å². The Bertz CT molecular complexity index is 507. The van der Waals surface area contributed by atoms with Gasteiger partial charge in [0.2, 0.25) is 0 Å². The van der Waals surface area contributed by atoms with Crippen LogP contribution in [0.5, 0.6) is 0 Å². The summed E-state index contributed by atoms with van der Waals surface area (Å²) in [6.45, 7) is 7.61. The van der Waals surface area contributed by atoms with Crippen molar-refractivity contribution in [2.75, 3.05) is 13.1 Å². The molecule has 1 saturated heterocycles. The number of nitrogens with one attached hydrogen (secondary N) is 1. The summed E-state index contributed by atoms with van der Waals surface area (Å²) in [6.07, 6.45) is 0. The van der Waals surface area contributed by atoms with E-state index in [1.54, 1.807) is 4.90 Å². The zero-order valence-corrected chi connectivity index (χ0v) is 12.6. The number of amides is 2. The van der Waals surface area contributed by atoms with E-state index in [4.69, 9.17) is 5.11 Å². The molecule has 1 aromatic rings. The molecule has 1 aliphatic heterocycles. The molecular formula is C13H19N3O3S. The van der Waals surface area contributed by atoms with Crippen LogP contribution < -0.4 is 5.32 Å². The first-order valence-corrected chi connectivity index (χ1v) is 7.50. The summed E-state index contributed by atoms with van der Waals surface area (Å²) in [4.78, 5) is 28.7. The maximum absolute atomic E-state index is 12.1. The molecule has 3 atom stereocenters. The van der Waals surface area contributed by atoms with Gasteiger partial charge >= 0.3 is 12.0 Å². The third kappa shape index (κ3) is 3.09. The van der Waals surface area contributed by atoms with Gasteiger partial charge in [0.05, 0.1) is 6.04 Å². The van der Waals surface area contributed by atoms with Gasteiger partial charge in [-0.25, -0.2) is 14.6 Å². The van der Waals surface area contributed by atoms with E-state index in [0.717, 1.165) is 13.1 Å². The Kier molecular flexibility index (Phi) is 4.27. The number of hydrogen-bond donors (Lipinski definition) is 2. The highest BCUT2D eigenvalue weighted by atomic mass is 32.1. The smallest absolute Gasteiger partial charge is 0.355 e. The minimum absolute atomic E-state index is 0.0227. The van der Waals surface area contributed by atoms with Crippen molar-refractivity contribution < 1.29 is 14.7 Å². The quantitative estimate of drug-likeness (QED) is 0.896. The van der Waals surface area contributed by atoms with Gasteiger partial charge in [0.15, 0.2) is 5.69 Å². The molecule has 1 fully saturated rings. The molecule has 20 heavy (non-hydrogen) atoms. The average molecular weight is 297 g/mol. The zero-order chi connectivity index (χ0) is 14.9. The van der Waals surface area contributed by atoms with Gasteiger partial charge in [-0.1, -0.05) is 13.8 Å². The molecule has 110 valence electrons. The number of thiazole rings is 1. The van der Waals surface area contributed by atoms with E-state index in [0.29, 0.717) is 16.8 Å². The van der Waals surface area contributed by atoms with Crippen molar-refractivity contribution in [2.24, 2.45) is 11.8 Å². The summed E-state index contributed by atoms with van der Waals surface area (Å²) in [6, 6.07) is -0.396.